The molecule has 0 spiro atoms. The van der Waals surface area contributed by atoms with Gasteiger partial charge in [0.1, 0.15) is 18.1 Å². The van der Waals surface area contributed by atoms with Gasteiger partial charge >= 0.3 is 23.9 Å². The molecule has 198 valence electrons. The molecule has 0 aliphatic heterocycles. The number of hydrogen-bond donors (Lipinski definition) is 8. The molecule has 0 saturated heterocycles. The van der Waals surface area contributed by atoms with Crippen LogP contribution in [0, 0.1) is 5.92 Å². The second-order valence-corrected chi connectivity index (χ2v) is 8.22. The zero-order valence-corrected chi connectivity index (χ0v) is 19.4. The third-order valence-corrected chi connectivity index (χ3v) is 4.61. The molecular formula is C20H32N4O11. The fraction of sp³-hybridized carbons (Fsp3) is 0.650. The zero-order chi connectivity index (χ0) is 27.3. The van der Waals surface area contributed by atoms with Crippen LogP contribution in [0.5, 0.6) is 0 Å². The van der Waals surface area contributed by atoms with Gasteiger partial charge in [0, 0.05) is 12.8 Å². The minimum absolute atomic E-state index is 0.0565. The summed E-state index contributed by atoms with van der Waals surface area (Å²) in [7, 11) is 0. The van der Waals surface area contributed by atoms with Gasteiger partial charge in [-0.25, -0.2) is 4.79 Å². The number of amides is 3. The Morgan fingerprint density at radius 1 is 0.657 bits per heavy atom. The summed E-state index contributed by atoms with van der Waals surface area (Å²) in [5.74, 6) is -8.51. The van der Waals surface area contributed by atoms with Crippen LogP contribution in [0.25, 0.3) is 0 Å². The molecule has 4 unspecified atom stereocenters. The second-order valence-electron chi connectivity index (χ2n) is 8.22. The lowest BCUT2D eigenvalue weighted by Crippen LogP contribution is -2.57. The summed E-state index contributed by atoms with van der Waals surface area (Å²) in [5, 5.41) is 42.4. The first-order valence-corrected chi connectivity index (χ1v) is 10.7. The maximum absolute atomic E-state index is 12.8. The first-order chi connectivity index (χ1) is 16.1. The SMILES string of the molecule is CC(C)CC(NC(=O)C(N)CC(=O)O)C(=O)NC(CCC(=O)O)C(=O)NC(CCC(=O)O)C(=O)O. The summed E-state index contributed by atoms with van der Waals surface area (Å²) < 4.78 is 0. The molecule has 0 aliphatic carbocycles. The summed E-state index contributed by atoms with van der Waals surface area (Å²) in [6.45, 7) is 3.44. The van der Waals surface area contributed by atoms with Crippen LogP contribution in [-0.2, 0) is 33.6 Å². The predicted octanol–water partition coefficient (Wildman–Crippen LogP) is -1.90. The van der Waals surface area contributed by atoms with Crippen molar-refractivity contribution in [2.75, 3.05) is 0 Å². The Hall–Kier alpha value is -3.75. The van der Waals surface area contributed by atoms with Crippen molar-refractivity contribution in [1.29, 1.82) is 0 Å². The van der Waals surface area contributed by atoms with Crippen molar-refractivity contribution in [3.63, 3.8) is 0 Å². The number of nitrogens with two attached hydrogens (primary N) is 1. The Kier molecular flexibility index (Phi) is 13.6. The largest absolute Gasteiger partial charge is 0.481 e. The van der Waals surface area contributed by atoms with Gasteiger partial charge in [-0.1, -0.05) is 13.8 Å². The quantitative estimate of drug-likeness (QED) is 0.108. The maximum atomic E-state index is 12.8. The first-order valence-electron chi connectivity index (χ1n) is 10.7. The van der Waals surface area contributed by atoms with E-state index in [-0.39, 0.29) is 12.3 Å². The lowest BCUT2D eigenvalue weighted by molar-refractivity contribution is -0.144. The fourth-order valence-electron chi connectivity index (χ4n) is 2.87. The molecule has 3 amide bonds. The van der Waals surface area contributed by atoms with Crippen LogP contribution >= 0.6 is 0 Å². The number of hydrogen-bond acceptors (Lipinski definition) is 8. The van der Waals surface area contributed by atoms with Gasteiger partial charge in [-0.05, 0) is 25.2 Å². The molecule has 0 rings (SSSR count). The molecule has 0 aliphatic rings. The lowest BCUT2D eigenvalue weighted by atomic mass is 10.0. The van der Waals surface area contributed by atoms with E-state index >= 15 is 0 Å². The molecule has 4 atom stereocenters. The normalized spacial score (nSPS) is 14.2. The van der Waals surface area contributed by atoms with Crippen LogP contribution in [0.1, 0.15) is 52.4 Å². The fourth-order valence-corrected chi connectivity index (χ4v) is 2.87. The number of carboxylic acid groups (broad SMARTS) is 4. The van der Waals surface area contributed by atoms with Gasteiger partial charge in [-0.2, -0.15) is 0 Å². The summed E-state index contributed by atoms with van der Waals surface area (Å²) >= 11 is 0. The van der Waals surface area contributed by atoms with Crippen LogP contribution in [0.3, 0.4) is 0 Å². The van der Waals surface area contributed by atoms with Crippen LogP contribution in [-0.4, -0.2) is 86.2 Å². The Labute approximate surface area is 200 Å². The highest BCUT2D eigenvalue weighted by atomic mass is 16.4. The number of nitrogens with one attached hydrogen (secondary N) is 3. The third kappa shape index (κ3) is 13.5. The molecule has 0 heterocycles. The van der Waals surface area contributed by atoms with Crippen LogP contribution in [0.15, 0.2) is 0 Å². The van der Waals surface area contributed by atoms with Crippen molar-refractivity contribution < 1.29 is 54.0 Å². The molecule has 0 fully saturated rings. The van der Waals surface area contributed by atoms with E-state index < -0.39 is 97.9 Å². The number of carbonyl (C=O) groups is 7. The van der Waals surface area contributed by atoms with Crippen molar-refractivity contribution in [1.82, 2.24) is 16.0 Å². The number of carboxylic acids is 4. The molecule has 35 heavy (non-hydrogen) atoms. The minimum atomic E-state index is -1.61. The Morgan fingerprint density at radius 3 is 1.51 bits per heavy atom. The summed E-state index contributed by atoms with van der Waals surface area (Å²) in [6, 6.07) is -5.84. The van der Waals surface area contributed by atoms with Crippen LogP contribution < -0.4 is 21.7 Å². The standard InChI is InChI=1S/C20H32N4O11/c1-9(2)7-13(24-17(31)10(21)8-16(29)30)19(33)22-11(3-5-14(25)26)18(32)23-12(20(34)35)4-6-15(27)28/h9-13H,3-8,21H2,1-2H3,(H,22,33)(H,23,32)(H,24,31)(H,25,26)(H,27,28)(H,29,30)(H,34,35). The van der Waals surface area contributed by atoms with E-state index in [9.17, 15) is 38.7 Å². The Morgan fingerprint density at radius 2 is 1.09 bits per heavy atom. The average molecular weight is 504 g/mol. The molecule has 0 radical (unpaired) electrons. The van der Waals surface area contributed by atoms with Gasteiger partial charge in [0.05, 0.1) is 12.5 Å². The number of carbonyl (C=O) groups excluding carboxylic acids is 3. The van der Waals surface area contributed by atoms with Crippen molar-refractivity contribution in [2.24, 2.45) is 11.7 Å². The first kappa shape index (κ1) is 31.2. The monoisotopic (exact) mass is 504 g/mol. The van der Waals surface area contributed by atoms with Crippen molar-refractivity contribution in [3.8, 4) is 0 Å². The molecule has 0 aromatic carbocycles. The van der Waals surface area contributed by atoms with Gasteiger partial charge in [-0.3, -0.25) is 28.8 Å². The molecule has 9 N–H and O–H groups in total. The van der Waals surface area contributed by atoms with E-state index in [1.807, 2.05) is 0 Å². The van der Waals surface area contributed by atoms with Crippen LogP contribution in [0.4, 0.5) is 0 Å². The predicted molar refractivity (Wildman–Crippen MR) is 117 cm³/mol. The molecule has 0 aromatic heterocycles. The van der Waals surface area contributed by atoms with Gasteiger partial charge < -0.3 is 42.1 Å². The summed E-state index contributed by atoms with van der Waals surface area (Å²) in [5.41, 5.74) is 5.51. The molecule has 15 heteroatoms. The van der Waals surface area contributed by atoms with Gasteiger partial charge in [0.15, 0.2) is 0 Å². The molecular weight excluding hydrogens is 472 g/mol. The van der Waals surface area contributed by atoms with E-state index in [1.54, 1.807) is 13.8 Å². The second kappa shape index (κ2) is 15.2. The molecule has 0 bridgehead atoms. The molecule has 0 saturated carbocycles. The molecule has 15 nitrogen and oxygen atoms in total. The third-order valence-electron chi connectivity index (χ3n) is 4.61. The Bertz CT molecular complexity index is 815. The van der Waals surface area contributed by atoms with Crippen molar-refractivity contribution >= 4 is 41.6 Å². The van der Waals surface area contributed by atoms with E-state index in [2.05, 4.69) is 16.0 Å². The van der Waals surface area contributed by atoms with E-state index in [0.717, 1.165) is 0 Å². The summed E-state index contributed by atoms with van der Waals surface area (Å²) in [4.78, 5) is 81.5. The lowest BCUT2D eigenvalue weighted by Gasteiger charge is -2.25. The van der Waals surface area contributed by atoms with E-state index in [0.29, 0.717) is 0 Å². The van der Waals surface area contributed by atoms with E-state index in [1.165, 1.54) is 0 Å². The Balaban J connectivity index is 5.60. The minimum Gasteiger partial charge on any atom is -0.481 e. The van der Waals surface area contributed by atoms with Gasteiger partial charge in [-0.15, -0.1) is 0 Å². The average Bonchev–Trinajstić information content (AvgIpc) is 2.71. The van der Waals surface area contributed by atoms with E-state index in [4.69, 9.17) is 21.1 Å². The van der Waals surface area contributed by atoms with Gasteiger partial charge in [0.25, 0.3) is 0 Å². The van der Waals surface area contributed by atoms with Crippen LogP contribution in [0.2, 0.25) is 0 Å². The molecule has 0 aromatic rings. The smallest absolute Gasteiger partial charge is 0.326 e. The maximum Gasteiger partial charge on any atom is 0.326 e. The number of rotatable bonds is 17. The highest BCUT2D eigenvalue weighted by Gasteiger charge is 2.31. The highest BCUT2D eigenvalue weighted by molar-refractivity contribution is 5.95. The van der Waals surface area contributed by atoms with Crippen molar-refractivity contribution in [3.05, 3.63) is 0 Å². The van der Waals surface area contributed by atoms with Gasteiger partial charge in [0.2, 0.25) is 17.7 Å². The summed E-state index contributed by atoms with van der Waals surface area (Å²) in [6.07, 6.45) is -2.67. The topological polar surface area (TPSA) is 263 Å². The zero-order valence-electron chi connectivity index (χ0n) is 19.4. The highest BCUT2D eigenvalue weighted by Crippen LogP contribution is 2.08. The number of aliphatic carboxylic acids is 4. The van der Waals surface area contributed by atoms with Crippen molar-refractivity contribution in [2.45, 2.75) is 76.5 Å².